The number of nitrogens with one attached hydrogen (secondary N) is 2. The predicted octanol–water partition coefficient (Wildman–Crippen LogP) is 3.85. The van der Waals surface area contributed by atoms with E-state index < -0.39 is 5.82 Å². The lowest BCUT2D eigenvalue weighted by Crippen LogP contribution is -2.31. The van der Waals surface area contributed by atoms with Crippen LogP contribution in [0.15, 0.2) is 41.5 Å². The largest absolute Gasteiger partial charge is 0.346 e. The van der Waals surface area contributed by atoms with Gasteiger partial charge >= 0.3 is 0 Å². The van der Waals surface area contributed by atoms with Crippen molar-refractivity contribution >= 4 is 16.8 Å². The number of nitrogens with zero attached hydrogens (tertiary/aromatic N) is 2. The van der Waals surface area contributed by atoms with E-state index in [0.717, 1.165) is 5.56 Å². The third-order valence-corrected chi connectivity index (χ3v) is 4.15. The quantitative estimate of drug-likeness (QED) is 0.713. The van der Waals surface area contributed by atoms with Crippen LogP contribution in [-0.2, 0) is 11.2 Å². The molecule has 2 aromatic heterocycles. The van der Waals surface area contributed by atoms with Crippen molar-refractivity contribution in [2.75, 3.05) is 0 Å². The number of aromatic nitrogens is 3. The number of fused-ring (bicyclic) bond motifs is 1. The molecule has 3 aromatic rings. The van der Waals surface area contributed by atoms with Crippen molar-refractivity contribution in [3.63, 3.8) is 0 Å². The van der Waals surface area contributed by atoms with Gasteiger partial charge in [0, 0.05) is 31.7 Å². The van der Waals surface area contributed by atoms with Crippen LogP contribution in [0.25, 0.3) is 10.9 Å². The molecule has 1 amide bonds. The molecule has 0 unspecified atom stereocenters. The minimum atomic E-state index is -0.403. The van der Waals surface area contributed by atoms with Crippen molar-refractivity contribution < 1.29 is 12.0 Å². The van der Waals surface area contributed by atoms with Gasteiger partial charge in [0.25, 0.3) is 5.56 Å². The summed E-state index contributed by atoms with van der Waals surface area (Å²) in [7, 11) is 0. The first kappa shape index (κ1) is 19.7. The van der Waals surface area contributed by atoms with Crippen LogP contribution in [0.5, 0.6) is 0 Å². The Hall–Kier alpha value is -3.09. The third kappa shape index (κ3) is 5.45. The molecule has 6 nitrogen and oxygen atoms in total. The van der Waals surface area contributed by atoms with Crippen LogP contribution in [0.2, 0.25) is 0 Å². The summed E-state index contributed by atoms with van der Waals surface area (Å²) in [6.45, 7) is 3.64. The highest BCUT2D eigenvalue weighted by Crippen LogP contribution is 2.15. The van der Waals surface area contributed by atoms with Crippen molar-refractivity contribution in [2.24, 2.45) is 0 Å². The summed E-state index contributed by atoms with van der Waals surface area (Å²) in [4.78, 5) is 35.3. The average Bonchev–Trinajstić information content (AvgIpc) is 3.52. The first-order valence-electron chi connectivity index (χ1n) is 9.32. The van der Waals surface area contributed by atoms with E-state index in [1.54, 1.807) is 19.3 Å². The second-order valence-electron chi connectivity index (χ2n) is 7.00. The number of aryl methyl sites for hydroxylation is 1. The van der Waals surface area contributed by atoms with E-state index >= 15 is 0 Å². The molecule has 1 aromatic carbocycles. The smallest absolute Gasteiger partial charge is 0.252 e. The maximum Gasteiger partial charge on any atom is 0.252 e. The fourth-order valence-electron chi connectivity index (χ4n) is 2.51. The minimum absolute atomic E-state index is 0. The normalized spacial score (nSPS) is 13.4. The molecule has 0 bridgehead atoms. The molecule has 1 aliphatic rings. The van der Waals surface area contributed by atoms with Crippen molar-refractivity contribution in [1.82, 2.24) is 20.3 Å². The van der Waals surface area contributed by atoms with Crippen LogP contribution in [0, 0.1) is 12.7 Å². The molecule has 4 rings (SSSR count). The van der Waals surface area contributed by atoms with E-state index in [-0.39, 0.29) is 32.3 Å². The summed E-state index contributed by atoms with van der Waals surface area (Å²) < 4.78 is 13.3. The molecule has 1 saturated carbocycles. The number of rotatable bonds is 4. The van der Waals surface area contributed by atoms with Gasteiger partial charge in [-0.25, -0.2) is 14.4 Å². The number of hydrogen-bond donors (Lipinski definition) is 2. The SMILES string of the molecule is C1CC1.Cc1cnc([C@H](C)NC(=O)Cc2cc3cc(F)ccc3[nH]c2=O)nc1.[HH].[HH]. The van der Waals surface area contributed by atoms with Crippen molar-refractivity contribution in [3.8, 4) is 0 Å². The number of aromatic amines is 1. The Labute approximate surface area is 165 Å². The zero-order valence-electron chi connectivity index (χ0n) is 16.0. The first-order valence-corrected chi connectivity index (χ1v) is 9.32. The summed E-state index contributed by atoms with van der Waals surface area (Å²) in [6.07, 6.45) is 7.74. The molecule has 2 N–H and O–H groups in total. The maximum atomic E-state index is 13.3. The molecule has 0 spiro atoms. The lowest BCUT2D eigenvalue weighted by Gasteiger charge is -2.12. The monoisotopic (exact) mass is 386 g/mol. The van der Waals surface area contributed by atoms with Gasteiger partial charge in [0.1, 0.15) is 11.6 Å². The number of carbonyl (C=O) groups is 1. The number of benzene rings is 1. The van der Waals surface area contributed by atoms with Crippen LogP contribution in [0.3, 0.4) is 0 Å². The third-order valence-electron chi connectivity index (χ3n) is 4.15. The van der Waals surface area contributed by atoms with Gasteiger partial charge in [-0.05, 0) is 43.7 Å². The van der Waals surface area contributed by atoms with Gasteiger partial charge in [-0.2, -0.15) is 0 Å². The highest BCUT2D eigenvalue weighted by molar-refractivity contribution is 5.82. The Balaban J connectivity index is 0.000000827. The second kappa shape index (κ2) is 8.73. The summed E-state index contributed by atoms with van der Waals surface area (Å²) in [5, 5.41) is 3.30. The van der Waals surface area contributed by atoms with E-state index in [1.807, 2.05) is 6.92 Å². The minimum Gasteiger partial charge on any atom is -0.346 e. The van der Waals surface area contributed by atoms with Crippen LogP contribution in [-0.4, -0.2) is 20.9 Å². The molecule has 0 radical (unpaired) electrons. The molecule has 28 heavy (non-hydrogen) atoms. The summed E-state index contributed by atoms with van der Waals surface area (Å²) in [6, 6.07) is 5.23. The average molecular weight is 386 g/mol. The van der Waals surface area contributed by atoms with Gasteiger partial charge in [-0.15, -0.1) is 0 Å². The van der Waals surface area contributed by atoms with E-state index in [0.29, 0.717) is 16.7 Å². The Bertz CT molecular complexity index is 1040. The molecule has 0 aliphatic heterocycles. The van der Waals surface area contributed by atoms with E-state index in [4.69, 9.17) is 0 Å². The van der Waals surface area contributed by atoms with E-state index in [2.05, 4.69) is 20.3 Å². The summed E-state index contributed by atoms with van der Waals surface area (Å²) in [5.41, 5.74) is 1.36. The van der Waals surface area contributed by atoms with E-state index in [9.17, 15) is 14.0 Å². The zero-order valence-corrected chi connectivity index (χ0v) is 16.0. The van der Waals surface area contributed by atoms with Gasteiger partial charge in [0.05, 0.1) is 12.5 Å². The van der Waals surface area contributed by atoms with Crippen LogP contribution in [0.4, 0.5) is 4.39 Å². The number of pyridine rings is 1. The summed E-state index contributed by atoms with van der Waals surface area (Å²) in [5.74, 6) is -0.244. The Morgan fingerprint density at radius 1 is 1.25 bits per heavy atom. The molecule has 150 valence electrons. The summed E-state index contributed by atoms with van der Waals surface area (Å²) >= 11 is 0. The number of carbonyl (C=O) groups excluding carboxylic acids is 1. The standard InChI is InChI=1S/C18H17FN4O2.C3H6.2H2/c1-10-8-20-17(21-9-10)11(2)22-16(24)7-13-5-12-6-14(19)3-4-15(12)23-18(13)25;1-2-3-1;;/h3-6,8-9,11H,7H2,1-2H3,(H,22,24)(H,23,25);1-3H2;2*1H/t11-;;;/m0.../s1. The number of H-pyrrole nitrogens is 1. The Kier molecular flexibility index (Phi) is 6.13. The molecule has 1 fully saturated rings. The van der Waals surface area contributed by atoms with Crippen LogP contribution >= 0.6 is 0 Å². The highest BCUT2D eigenvalue weighted by Gasteiger charge is 2.14. The number of hydrogen-bond acceptors (Lipinski definition) is 4. The topological polar surface area (TPSA) is 87.7 Å². The van der Waals surface area contributed by atoms with Gasteiger partial charge in [-0.1, -0.05) is 19.3 Å². The zero-order chi connectivity index (χ0) is 20.1. The van der Waals surface area contributed by atoms with Crippen molar-refractivity contribution in [2.45, 2.75) is 45.6 Å². The fourth-order valence-corrected chi connectivity index (χ4v) is 2.51. The molecule has 2 heterocycles. The maximum absolute atomic E-state index is 13.3. The Morgan fingerprint density at radius 3 is 2.57 bits per heavy atom. The Morgan fingerprint density at radius 2 is 1.93 bits per heavy atom. The first-order chi connectivity index (χ1) is 13.4. The molecule has 1 atom stereocenters. The second-order valence-corrected chi connectivity index (χ2v) is 7.00. The molecule has 1 aliphatic carbocycles. The highest BCUT2D eigenvalue weighted by atomic mass is 19.1. The molecule has 0 saturated heterocycles. The predicted molar refractivity (Wildman–Crippen MR) is 110 cm³/mol. The number of amides is 1. The number of halogens is 1. The van der Waals surface area contributed by atoms with Crippen molar-refractivity contribution in [1.29, 1.82) is 0 Å². The van der Waals surface area contributed by atoms with Crippen LogP contribution < -0.4 is 10.9 Å². The van der Waals surface area contributed by atoms with Gasteiger partial charge in [0.15, 0.2) is 0 Å². The fraction of sp³-hybridized carbons (Fsp3) is 0.333. The molecule has 7 heteroatoms. The van der Waals surface area contributed by atoms with E-state index in [1.165, 1.54) is 43.5 Å². The van der Waals surface area contributed by atoms with Crippen molar-refractivity contribution in [3.05, 3.63) is 69.8 Å². The van der Waals surface area contributed by atoms with Gasteiger partial charge in [0.2, 0.25) is 5.91 Å². The van der Waals surface area contributed by atoms with Crippen LogP contribution in [0.1, 0.15) is 52.0 Å². The molecular weight excluding hydrogens is 359 g/mol. The molecular formula is C21H27FN4O2. The lowest BCUT2D eigenvalue weighted by atomic mass is 10.1. The van der Waals surface area contributed by atoms with Gasteiger partial charge in [-0.3, -0.25) is 9.59 Å². The van der Waals surface area contributed by atoms with Gasteiger partial charge < -0.3 is 10.3 Å². The lowest BCUT2D eigenvalue weighted by molar-refractivity contribution is -0.121.